The van der Waals surface area contributed by atoms with Gasteiger partial charge in [0.2, 0.25) is 5.91 Å². The van der Waals surface area contributed by atoms with Gasteiger partial charge in [-0.2, -0.15) is 0 Å². The molecule has 0 aromatic heterocycles. The van der Waals surface area contributed by atoms with Crippen LogP contribution in [0.5, 0.6) is 0 Å². The van der Waals surface area contributed by atoms with Crippen LogP contribution in [-0.4, -0.2) is 18.0 Å². The minimum absolute atomic E-state index is 0.0480. The zero-order chi connectivity index (χ0) is 13.0. The van der Waals surface area contributed by atoms with Crippen molar-refractivity contribution < 1.29 is 9.18 Å². The maximum Gasteiger partial charge on any atom is 0.240 e. The lowest BCUT2D eigenvalue weighted by molar-refractivity contribution is -0.127. The second-order valence-electron chi connectivity index (χ2n) is 4.78. The first kappa shape index (κ1) is 13.0. The second-order valence-corrected chi connectivity index (χ2v) is 4.78. The molecule has 18 heavy (non-hydrogen) atoms. The lowest BCUT2D eigenvalue weighted by Gasteiger charge is -2.26. The van der Waals surface area contributed by atoms with Crippen molar-refractivity contribution in [1.82, 2.24) is 10.6 Å². The van der Waals surface area contributed by atoms with Crippen molar-refractivity contribution in [2.45, 2.75) is 38.3 Å². The number of carbonyl (C=O) groups excluding carboxylic acids is 1. The number of rotatable bonds is 4. The molecule has 98 valence electrons. The number of benzene rings is 1. The molecule has 1 amide bonds. The van der Waals surface area contributed by atoms with Crippen LogP contribution in [0.1, 0.15) is 31.7 Å². The molecule has 0 spiro atoms. The number of halogens is 1. The Labute approximate surface area is 107 Å². The minimum Gasteiger partial charge on any atom is -0.350 e. The van der Waals surface area contributed by atoms with Crippen molar-refractivity contribution in [2.75, 3.05) is 6.54 Å². The Morgan fingerprint density at radius 2 is 2.17 bits per heavy atom. The van der Waals surface area contributed by atoms with Gasteiger partial charge in [-0.1, -0.05) is 19.1 Å². The third-order valence-electron chi connectivity index (χ3n) is 3.65. The molecule has 1 aliphatic heterocycles. The van der Waals surface area contributed by atoms with Gasteiger partial charge >= 0.3 is 0 Å². The van der Waals surface area contributed by atoms with E-state index < -0.39 is 5.54 Å². The third-order valence-corrected chi connectivity index (χ3v) is 3.65. The molecule has 1 aromatic carbocycles. The molecule has 2 N–H and O–H groups in total. The van der Waals surface area contributed by atoms with Crippen LogP contribution in [0, 0.1) is 5.82 Å². The highest BCUT2D eigenvalue weighted by Gasteiger charge is 2.38. The fourth-order valence-corrected chi connectivity index (χ4v) is 2.42. The lowest BCUT2D eigenvalue weighted by Crippen LogP contribution is -2.52. The van der Waals surface area contributed by atoms with E-state index in [9.17, 15) is 9.18 Å². The summed E-state index contributed by atoms with van der Waals surface area (Å²) in [4.78, 5) is 12.2. The summed E-state index contributed by atoms with van der Waals surface area (Å²) >= 11 is 0. The highest BCUT2D eigenvalue weighted by molar-refractivity contribution is 5.86. The molecular formula is C14H19FN2O. The van der Waals surface area contributed by atoms with E-state index in [1.807, 2.05) is 6.92 Å². The van der Waals surface area contributed by atoms with E-state index in [4.69, 9.17) is 0 Å². The topological polar surface area (TPSA) is 41.1 Å². The standard InChI is InChI=1S/C14H19FN2O/c1-2-14(8-3-9-17-14)13(18)16-10-11-4-6-12(15)7-5-11/h4-7,17H,2-3,8-10H2,1H3,(H,16,18). The van der Waals surface area contributed by atoms with Crippen molar-refractivity contribution >= 4 is 5.91 Å². The number of amides is 1. The molecule has 1 heterocycles. The Morgan fingerprint density at radius 3 is 2.72 bits per heavy atom. The molecule has 1 saturated heterocycles. The van der Waals surface area contributed by atoms with Crippen LogP contribution in [0.15, 0.2) is 24.3 Å². The van der Waals surface area contributed by atoms with E-state index in [1.54, 1.807) is 12.1 Å². The highest BCUT2D eigenvalue weighted by Crippen LogP contribution is 2.23. The van der Waals surface area contributed by atoms with Gasteiger partial charge in [-0.05, 0) is 43.5 Å². The summed E-state index contributed by atoms with van der Waals surface area (Å²) in [5.74, 6) is -0.209. The molecule has 0 saturated carbocycles. The SMILES string of the molecule is CCC1(C(=O)NCc2ccc(F)cc2)CCCN1. The van der Waals surface area contributed by atoms with Crippen LogP contribution in [-0.2, 0) is 11.3 Å². The Kier molecular flexibility index (Phi) is 3.97. The summed E-state index contributed by atoms with van der Waals surface area (Å²) in [5.41, 5.74) is 0.508. The van der Waals surface area contributed by atoms with Gasteiger partial charge in [-0.25, -0.2) is 4.39 Å². The van der Waals surface area contributed by atoms with Crippen LogP contribution in [0.3, 0.4) is 0 Å². The van der Waals surface area contributed by atoms with Gasteiger partial charge in [-0.15, -0.1) is 0 Å². The molecule has 0 bridgehead atoms. The maximum atomic E-state index is 12.7. The molecule has 4 heteroatoms. The first-order chi connectivity index (χ1) is 8.66. The van der Waals surface area contributed by atoms with Crippen LogP contribution < -0.4 is 10.6 Å². The Bertz CT molecular complexity index is 410. The normalized spacial score (nSPS) is 23.0. The van der Waals surface area contributed by atoms with Gasteiger partial charge in [0.15, 0.2) is 0 Å². The summed E-state index contributed by atoms with van der Waals surface area (Å²) < 4.78 is 12.7. The van der Waals surface area contributed by atoms with E-state index in [2.05, 4.69) is 10.6 Å². The Balaban J connectivity index is 1.93. The van der Waals surface area contributed by atoms with Crippen LogP contribution >= 0.6 is 0 Å². The van der Waals surface area contributed by atoms with E-state index >= 15 is 0 Å². The smallest absolute Gasteiger partial charge is 0.240 e. The van der Waals surface area contributed by atoms with Crippen molar-refractivity contribution in [1.29, 1.82) is 0 Å². The zero-order valence-corrected chi connectivity index (χ0v) is 10.6. The highest BCUT2D eigenvalue weighted by atomic mass is 19.1. The number of hydrogen-bond donors (Lipinski definition) is 2. The molecule has 1 unspecified atom stereocenters. The quantitative estimate of drug-likeness (QED) is 0.858. The number of nitrogens with one attached hydrogen (secondary N) is 2. The van der Waals surface area contributed by atoms with Gasteiger partial charge in [0.25, 0.3) is 0 Å². The fourth-order valence-electron chi connectivity index (χ4n) is 2.42. The summed E-state index contributed by atoms with van der Waals surface area (Å²) in [5, 5.41) is 6.22. The molecule has 1 atom stereocenters. The molecule has 0 aliphatic carbocycles. The average Bonchev–Trinajstić information content (AvgIpc) is 2.88. The van der Waals surface area contributed by atoms with Gasteiger partial charge in [0.1, 0.15) is 5.82 Å². The van der Waals surface area contributed by atoms with Gasteiger partial charge in [-0.3, -0.25) is 4.79 Å². The predicted octanol–water partition coefficient (Wildman–Crippen LogP) is 1.97. The average molecular weight is 250 g/mol. The van der Waals surface area contributed by atoms with Crippen LogP contribution in [0.25, 0.3) is 0 Å². The number of hydrogen-bond acceptors (Lipinski definition) is 2. The maximum absolute atomic E-state index is 12.7. The van der Waals surface area contributed by atoms with Crippen molar-refractivity contribution in [2.24, 2.45) is 0 Å². The van der Waals surface area contributed by atoms with Crippen molar-refractivity contribution in [3.8, 4) is 0 Å². The summed E-state index contributed by atoms with van der Waals surface area (Å²) in [6.45, 7) is 3.37. The molecule has 1 aliphatic rings. The largest absolute Gasteiger partial charge is 0.350 e. The summed E-state index contributed by atoms with van der Waals surface area (Å²) in [6, 6.07) is 6.20. The van der Waals surface area contributed by atoms with Crippen LogP contribution in [0.4, 0.5) is 4.39 Å². The third kappa shape index (κ3) is 2.70. The molecule has 0 radical (unpaired) electrons. The minimum atomic E-state index is -0.403. The summed E-state index contributed by atoms with van der Waals surface area (Å²) in [6.07, 6.45) is 2.72. The molecule has 3 nitrogen and oxygen atoms in total. The molecule has 1 aromatic rings. The fraction of sp³-hybridized carbons (Fsp3) is 0.500. The van der Waals surface area contributed by atoms with E-state index in [0.717, 1.165) is 31.4 Å². The molecule has 1 fully saturated rings. The van der Waals surface area contributed by atoms with Gasteiger partial charge in [0.05, 0.1) is 5.54 Å². The second kappa shape index (κ2) is 5.48. The first-order valence-electron chi connectivity index (χ1n) is 6.44. The Hall–Kier alpha value is -1.42. The number of carbonyl (C=O) groups is 1. The van der Waals surface area contributed by atoms with E-state index in [-0.39, 0.29) is 11.7 Å². The Morgan fingerprint density at radius 1 is 1.44 bits per heavy atom. The van der Waals surface area contributed by atoms with Gasteiger partial charge < -0.3 is 10.6 Å². The zero-order valence-electron chi connectivity index (χ0n) is 10.6. The van der Waals surface area contributed by atoms with Crippen molar-refractivity contribution in [3.63, 3.8) is 0 Å². The van der Waals surface area contributed by atoms with Gasteiger partial charge in [0, 0.05) is 6.54 Å². The lowest BCUT2D eigenvalue weighted by atomic mass is 9.93. The molecular weight excluding hydrogens is 231 g/mol. The molecule has 2 rings (SSSR count). The van der Waals surface area contributed by atoms with E-state index in [0.29, 0.717) is 6.54 Å². The van der Waals surface area contributed by atoms with Crippen LogP contribution in [0.2, 0.25) is 0 Å². The van der Waals surface area contributed by atoms with E-state index in [1.165, 1.54) is 12.1 Å². The predicted molar refractivity (Wildman–Crippen MR) is 68.5 cm³/mol. The monoisotopic (exact) mass is 250 g/mol. The first-order valence-corrected chi connectivity index (χ1v) is 6.44. The summed E-state index contributed by atoms with van der Waals surface area (Å²) in [7, 11) is 0. The van der Waals surface area contributed by atoms with Crippen molar-refractivity contribution in [3.05, 3.63) is 35.6 Å².